The second-order valence-electron chi connectivity index (χ2n) is 12.1. The van der Waals surface area contributed by atoms with Gasteiger partial charge < -0.3 is 34.6 Å². The van der Waals surface area contributed by atoms with Crippen LogP contribution in [0.2, 0.25) is 0 Å². The molecule has 13 nitrogen and oxygen atoms in total. The molecule has 13 heteroatoms. The molecule has 2 N–H and O–H groups in total. The van der Waals surface area contributed by atoms with E-state index in [1.165, 1.54) is 6.08 Å². The number of carbonyl (C=O) groups excluding carboxylic acids is 3. The first-order valence-corrected chi connectivity index (χ1v) is 15.2. The Hall–Kier alpha value is -5.59. The Kier molecular flexibility index (Phi) is 9.64. The fourth-order valence-electron chi connectivity index (χ4n) is 5.08. The number of aromatic nitrogens is 3. The van der Waals surface area contributed by atoms with E-state index in [0.717, 1.165) is 24.3 Å². The molecule has 2 amide bonds. The van der Waals surface area contributed by atoms with Crippen LogP contribution in [0.4, 0.5) is 27.8 Å². The van der Waals surface area contributed by atoms with E-state index >= 15 is 0 Å². The van der Waals surface area contributed by atoms with Crippen LogP contribution in [-0.2, 0) is 25.8 Å². The minimum atomic E-state index is -0.807. The van der Waals surface area contributed by atoms with E-state index in [2.05, 4.69) is 27.1 Å². The van der Waals surface area contributed by atoms with Crippen molar-refractivity contribution in [2.75, 3.05) is 35.7 Å². The average molecular weight is 642 g/mol. The third-order valence-electron chi connectivity index (χ3n) is 7.48. The molecule has 0 radical (unpaired) electrons. The maximum atomic E-state index is 12.3. The van der Waals surface area contributed by atoms with Crippen molar-refractivity contribution in [3.05, 3.63) is 73.4 Å². The topological polar surface area (TPSA) is 140 Å². The van der Waals surface area contributed by atoms with Crippen molar-refractivity contribution < 1.29 is 28.6 Å². The molecule has 2 aromatic heterocycles. The Balaban J connectivity index is 1.40. The van der Waals surface area contributed by atoms with Gasteiger partial charge in [-0.2, -0.15) is 9.97 Å². The molecule has 1 fully saturated rings. The second kappa shape index (κ2) is 13.8. The molecule has 0 bridgehead atoms. The zero-order valence-electron chi connectivity index (χ0n) is 27.1. The van der Waals surface area contributed by atoms with Gasteiger partial charge in [0.25, 0.3) is 0 Å². The van der Waals surface area contributed by atoms with Crippen molar-refractivity contribution in [1.29, 1.82) is 0 Å². The van der Waals surface area contributed by atoms with Crippen LogP contribution >= 0.6 is 0 Å². The monoisotopic (exact) mass is 641 g/mol. The quantitative estimate of drug-likeness (QED) is 0.155. The molecule has 4 aromatic rings. The van der Waals surface area contributed by atoms with Gasteiger partial charge in [-0.05, 0) is 75.7 Å². The zero-order chi connectivity index (χ0) is 33.7. The molecule has 2 aromatic carbocycles. The molecule has 1 aliphatic heterocycles. The fourth-order valence-corrected chi connectivity index (χ4v) is 5.08. The number of nitrogens with one attached hydrogen (secondary N) is 2. The summed E-state index contributed by atoms with van der Waals surface area (Å²) >= 11 is 0. The fraction of sp³-hybridized carbons (Fsp3) is 0.324. The largest absolute Gasteiger partial charge is 0.510 e. The predicted molar refractivity (Wildman–Crippen MR) is 179 cm³/mol. The number of likely N-dealkylation sites (tertiary alicyclic amines) is 1. The molecule has 1 atom stereocenters. The van der Waals surface area contributed by atoms with Crippen LogP contribution < -0.4 is 20.3 Å². The summed E-state index contributed by atoms with van der Waals surface area (Å²) in [5.74, 6) is 0.662. The van der Waals surface area contributed by atoms with Gasteiger partial charge in [-0.3, -0.25) is 14.2 Å². The normalized spacial score (nSPS) is 14.4. The highest BCUT2D eigenvalue weighted by molar-refractivity contribution is 5.99. The summed E-state index contributed by atoms with van der Waals surface area (Å²) in [6.07, 6.45) is 3.00. The van der Waals surface area contributed by atoms with Crippen LogP contribution in [0.1, 0.15) is 34.1 Å². The lowest BCUT2D eigenvalue weighted by molar-refractivity contribution is -0.127. The molecule has 1 aliphatic rings. The molecule has 0 aliphatic carbocycles. The van der Waals surface area contributed by atoms with E-state index < -0.39 is 11.8 Å². The third-order valence-corrected chi connectivity index (χ3v) is 7.48. The van der Waals surface area contributed by atoms with Crippen molar-refractivity contribution in [2.24, 2.45) is 0 Å². The highest BCUT2D eigenvalue weighted by Gasteiger charge is 2.27. The molecular weight excluding hydrogens is 602 g/mol. The van der Waals surface area contributed by atoms with Gasteiger partial charge in [0.05, 0.1) is 5.39 Å². The van der Waals surface area contributed by atoms with Crippen molar-refractivity contribution in [3.8, 4) is 11.6 Å². The number of rotatable bonds is 10. The van der Waals surface area contributed by atoms with E-state index in [1.54, 1.807) is 68.8 Å². The Morgan fingerprint density at radius 2 is 1.85 bits per heavy atom. The van der Waals surface area contributed by atoms with Crippen molar-refractivity contribution in [2.45, 2.75) is 52.5 Å². The first kappa shape index (κ1) is 32.8. The highest BCUT2D eigenvalue weighted by atomic mass is 16.7. The summed E-state index contributed by atoms with van der Waals surface area (Å²) in [5.41, 5.74) is 2.02. The van der Waals surface area contributed by atoms with Gasteiger partial charge in [0.1, 0.15) is 11.4 Å². The van der Waals surface area contributed by atoms with Crippen molar-refractivity contribution >= 4 is 52.0 Å². The lowest BCUT2D eigenvalue weighted by Gasteiger charge is -2.27. The number of hydrogen-bond acceptors (Lipinski definition) is 10. The van der Waals surface area contributed by atoms with Crippen molar-refractivity contribution in [1.82, 2.24) is 19.4 Å². The number of ether oxygens (including phenoxy) is 3. The third kappa shape index (κ3) is 8.37. The first-order valence-electron chi connectivity index (χ1n) is 15.2. The first-order chi connectivity index (χ1) is 22.4. The summed E-state index contributed by atoms with van der Waals surface area (Å²) in [6, 6.07) is 16.7. The van der Waals surface area contributed by atoms with Gasteiger partial charge in [0, 0.05) is 62.4 Å². The van der Waals surface area contributed by atoms with Crippen LogP contribution in [0.25, 0.3) is 11.0 Å². The summed E-state index contributed by atoms with van der Waals surface area (Å²) in [4.78, 5) is 49.3. The van der Waals surface area contributed by atoms with Gasteiger partial charge in [-0.15, -0.1) is 0 Å². The minimum absolute atomic E-state index is 0.0930. The average Bonchev–Trinajstić information content (AvgIpc) is 3.68. The van der Waals surface area contributed by atoms with Crippen LogP contribution in [-0.4, -0.2) is 69.2 Å². The van der Waals surface area contributed by atoms with E-state index in [1.807, 2.05) is 36.2 Å². The van der Waals surface area contributed by atoms with E-state index in [-0.39, 0.29) is 36.4 Å². The Morgan fingerprint density at radius 1 is 1.09 bits per heavy atom. The summed E-state index contributed by atoms with van der Waals surface area (Å²) in [7, 11) is 2.03. The number of nitrogens with zero attached hydrogens (tertiary/aromatic N) is 5. The SMILES string of the molecule is C=CC(=O)Nc1cccc(Oc2nc(Nc3ccc(N(C)C4CCN(C(C)=O)C4)cc3)nc3c2ccn3COC(=O)OC(C)(C)C)c1. The molecule has 0 saturated carbocycles. The van der Waals surface area contributed by atoms with Crippen LogP contribution in [0, 0.1) is 0 Å². The lowest BCUT2D eigenvalue weighted by atomic mass is 10.2. The van der Waals surface area contributed by atoms with Crippen molar-refractivity contribution in [3.63, 3.8) is 0 Å². The number of fused-ring (bicyclic) bond motifs is 1. The Bertz CT molecular complexity index is 1780. The number of amides is 2. The molecule has 246 valence electrons. The van der Waals surface area contributed by atoms with Gasteiger partial charge >= 0.3 is 6.16 Å². The predicted octanol–water partition coefficient (Wildman–Crippen LogP) is 6.06. The van der Waals surface area contributed by atoms with Gasteiger partial charge in [-0.1, -0.05) is 12.6 Å². The minimum Gasteiger partial charge on any atom is -0.438 e. The van der Waals surface area contributed by atoms with Crippen LogP contribution in [0.5, 0.6) is 11.6 Å². The molecule has 5 rings (SSSR count). The number of anilines is 4. The van der Waals surface area contributed by atoms with Crippen LogP contribution in [0.3, 0.4) is 0 Å². The highest BCUT2D eigenvalue weighted by Crippen LogP contribution is 2.32. The van der Waals surface area contributed by atoms with Gasteiger partial charge in [0.15, 0.2) is 12.4 Å². The van der Waals surface area contributed by atoms with E-state index in [0.29, 0.717) is 29.0 Å². The molecule has 47 heavy (non-hydrogen) atoms. The summed E-state index contributed by atoms with van der Waals surface area (Å²) < 4.78 is 18.5. The zero-order valence-corrected chi connectivity index (χ0v) is 27.1. The van der Waals surface area contributed by atoms with E-state index in [9.17, 15) is 14.4 Å². The van der Waals surface area contributed by atoms with E-state index in [4.69, 9.17) is 19.2 Å². The van der Waals surface area contributed by atoms with Crippen LogP contribution in [0.15, 0.2) is 73.4 Å². The molecule has 0 spiro atoms. The maximum absolute atomic E-state index is 12.3. The number of likely N-dealkylation sites (N-methyl/N-ethyl adjacent to an activating group) is 1. The van der Waals surface area contributed by atoms with Gasteiger partial charge in [-0.25, -0.2) is 4.79 Å². The molecule has 1 saturated heterocycles. The smallest absolute Gasteiger partial charge is 0.438 e. The maximum Gasteiger partial charge on any atom is 0.510 e. The molecular formula is C34H39N7O6. The second-order valence-corrected chi connectivity index (χ2v) is 12.1. The number of carbonyl (C=O) groups is 3. The van der Waals surface area contributed by atoms with Gasteiger partial charge in [0.2, 0.25) is 23.6 Å². The standard InChI is InChI=1S/C34H39N7O6/c1-7-29(43)35-24-9-8-10-27(19-24)46-31-28-16-18-41(21-45-33(44)47-34(3,4)5)30(28)37-32(38-31)36-23-11-13-25(14-12-23)39(6)26-15-17-40(20-26)22(2)42/h7-14,16,18-19,26H,1,15,17,20-21H2,2-6H3,(H,35,43)(H,36,37,38). The molecule has 1 unspecified atom stereocenters. The Morgan fingerprint density at radius 3 is 2.53 bits per heavy atom. The lowest BCUT2D eigenvalue weighted by Crippen LogP contribution is -2.35. The molecule has 3 heterocycles. The summed E-state index contributed by atoms with van der Waals surface area (Å²) in [6.45, 7) is 11.7. The summed E-state index contributed by atoms with van der Waals surface area (Å²) in [5, 5.41) is 6.53. The number of benzene rings is 2. The number of hydrogen-bond donors (Lipinski definition) is 2. The Labute approximate surface area is 273 Å².